The summed E-state index contributed by atoms with van der Waals surface area (Å²) >= 11 is 0. The maximum absolute atomic E-state index is 5.85. The van der Waals surface area contributed by atoms with Gasteiger partial charge >= 0.3 is 0 Å². The number of hydrogen-bond donors (Lipinski definition) is 1. The van der Waals surface area contributed by atoms with E-state index in [-0.39, 0.29) is 0 Å². The van der Waals surface area contributed by atoms with Crippen LogP contribution >= 0.6 is 0 Å². The third-order valence-corrected chi connectivity index (χ3v) is 3.43. The van der Waals surface area contributed by atoms with Crippen molar-refractivity contribution < 1.29 is 4.74 Å². The number of pyridine rings is 1. The van der Waals surface area contributed by atoms with E-state index in [4.69, 9.17) is 10.5 Å². The summed E-state index contributed by atoms with van der Waals surface area (Å²) in [5.74, 6) is 1.61. The molecule has 1 heterocycles. The summed E-state index contributed by atoms with van der Waals surface area (Å²) in [6.07, 6.45) is 3.86. The molecule has 2 N–H and O–H groups in total. The monoisotopic (exact) mass is 242 g/mol. The molecule has 1 fully saturated rings. The fraction of sp³-hybridized carbons (Fsp3) is 0.400. The van der Waals surface area contributed by atoms with E-state index in [9.17, 15) is 0 Å². The Kier molecular flexibility index (Phi) is 3.15. The molecule has 3 nitrogen and oxygen atoms in total. The smallest absolute Gasteiger partial charge is 0.221 e. The van der Waals surface area contributed by atoms with Crippen LogP contribution in [0.2, 0.25) is 0 Å². The summed E-state index contributed by atoms with van der Waals surface area (Å²) in [6.45, 7) is 1.21. The van der Waals surface area contributed by atoms with E-state index >= 15 is 0 Å². The highest BCUT2D eigenvalue weighted by molar-refractivity contribution is 5.87. The third-order valence-electron chi connectivity index (χ3n) is 3.43. The van der Waals surface area contributed by atoms with Crippen molar-refractivity contribution in [1.29, 1.82) is 0 Å². The molecule has 0 amide bonds. The molecule has 0 atom stereocenters. The molecule has 1 aromatic carbocycles. The first-order valence-corrected chi connectivity index (χ1v) is 6.58. The minimum atomic E-state index is 0.448. The molecular formula is C15H18N2O. The van der Waals surface area contributed by atoms with Gasteiger partial charge in [-0.1, -0.05) is 31.0 Å². The quantitative estimate of drug-likeness (QED) is 0.877. The number of nitrogens with two attached hydrogens (primary N) is 1. The Bertz CT molecular complexity index is 549. The van der Waals surface area contributed by atoms with Crippen molar-refractivity contribution in [2.24, 2.45) is 11.7 Å². The molecular weight excluding hydrogens is 224 g/mol. The third kappa shape index (κ3) is 2.46. The molecule has 0 aliphatic heterocycles. The molecule has 0 saturated heterocycles. The summed E-state index contributed by atoms with van der Waals surface area (Å²) < 4.78 is 5.85. The maximum Gasteiger partial charge on any atom is 0.221 e. The predicted octanol–water partition coefficient (Wildman–Crippen LogP) is 2.87. The number of nitrogens with zero attached hydrogens (tertiary/aromatic N) is 1. The van der Waals surface area contributed by atoms with Crippen molar-refractivity contribution >= 4 is 10.8 Å². The van der Waals surface area contributed by atoms with Crippen LogP contribution in [0.3, 0.4) is 0 Å². The molecule has 3 heteroatoms. The van der Waals surface area contributed by atoms with Gasteiger partial charge in [0.15, 0.2) is 0 Å². The lowest BCUT2D eigenvalue weighted by Crippen LogP contribution is -2.05. The Morgan fingerprint density at radius 1 is 1.28 bits per heavy atom. The van der Waals surface area contributed by atoms with Gasteiger partial charge in [-0.2, -0.15) is 0 Å². The van der Waals surface area contributed by atoms with E-state index in [2.05, 4.69) is 17.1 Å². The van der Waals surface area contributed by atoms with E-state index in [0.29, 0.717) is 6.54 Å². The fourth-order valence-electron chi connectivity index (χ4n) is 2.16. The van der Waals surface area contributed by atoms with Gasteiger partial charge in [-0.25, -0.2) is 4.98 Å². The highest BCUT2D eigenvalue weighted by Crippen LogP contribution is 2.32. The molecule has 1 saturated carbocycles. The molecule has 0 spiro atoms. The first-order chi connectivity index (χ1) is 8.86. The van der Waals surface area contributed by atoms with Gasteiger partial charge in [0.2, 0.25) is 5.88 Å². The molecule has 0 bridgehead atoms. The molecule has 3 rings (SSSR count). The topological polar surface area (TPSA) is 48.1 Å². The van der Waals surface area contributed by atoms with Gasteiger partial charge in [0.1, 0.15) is 0 Å². The zero-order chi connectivity index (χ0) is 12.4. The van der Waals surface area contributed by atoms with Crippen molar-refractivity contribution in [3.63, 3.8) is 0 Å². The van der Waals surface area contributed by atoms with Gasteiger partial charge in [-0.15, -0.1) is 0 Å². The van der Waals surface area contributed by atoms with Crippen LogP contribution in [0, 0.1) is 5.92 Å². The Labute approximate surface area is 107 Å². The lowest BCUT2D eigenvalue weighted by atomic mass is 10.1. The lowest BCUT2D eigenvalue weighted by Gasteiger charge is -2.10. The molecule has 0 radical (unpaired) electrons. The molecule has 1 aromatic heterocycles. The second-order valence-corrected chi connectivity index (χ2v) is 4.92. The van der Waals surface area contributed by atoms with Crippen molar-refractivity contribution in [3.8, 4) is 5.88 Å². The Balaban J connectivity index is 1.86. The summed E-state index contributed by atoms with van der Waals surface area (Å²) in [4.78, 5) is 4.49. The average Bonchev–Trinajstić information content (AvgIpc) is 3.22. The highest BCUT2D eigenvalue weighted by Gasteiger charge is 2.21. The predicted molar refractivity (Wildman–Crippen MR) is 72.5 cm³/mol. The molecule has 18 heavy (non-hydrogen) atoms. The number of benzene rings is 1. The highest BCUT2D eigenvalue weighted by atomic mass is 16.5. The van der Waals surface area contributed by atoms with Crippen LogP contribution in [0.1, 0.15) is 25.0 Å². The number of fused-ring (bicyclic) bond motifs is 1. The molecule has 1 aliphatic carbocycles. The van der Waals surface area contributed by atoms with Crippen molar-refractivity contribution in [3.05, 3.63) is 36.0 Å². The van der Waals surface area contributed by atoms with Crippen molar-refractivity contribution in [2.75, 3.05) is 6.61 Å². The van der Waals surface area contributed by atoms with Gasteiger partial charge in [-0.05, 0) is 29.9 Å². The van der Waals surface area contributed by atoms with E-state index in [1.54, 1.807) is 0 Å². The van der Waals surface area contributed by atoms with Gasteiger partial charge in [-0.3, -0.25) is 0 Å². The molecule has 1 aliphatic rings. The number of rotatable bonds is 5. The SMILES string of the molecule is NCc1cc2ccccc2c(OCCC2CC2)n1. The standard InChI is InChI=1S/C15H18N2O/c16-10-13-9-12-3-1-2-4-14(12)15(17-13)18-8-7-11-5-6-11/h1-4,9,11H,5-8,10,16H2. The van der Waals surface area contributed by atoms with E-state index < -0.39 is 0 Å². The number of ether oxygens (including phenoxy) is 1. The van der Waals surface area contributed by atoms with Gasteiger partial charge in [0, 0.05) is 11.9 Å². The van der Waals surface area contributed by atoms with Gasteiger partial charge in [0.25, 0.3) is 0 Å². The Morgan fingerprint density at radius 2 is 2.11 bits per heavy atom. The van der Waals surface area contributed by atoms with E-state index in [1.807, 2.05) is 18.2 Å². The summed E-state index contributed by atoms with van der Waals surface area (Å²) in [6, 6.07) is 10.2. The van der Waals surface area contributed by atoms with Crippen molar-refractivity contribution in [2.45, 2.75) is 25.8 Å². The average molecular weight is 242 g/mol. The van der Waals surface area contributed by atoms with Gasteiger partial charge in [0.05, 0.1) is 12.3 Å². The summed E-state index contributed by atoms with van der Waals surface area (Å²) in [7, 11) is 0. The van der Waals surface area contributed by atoms with Crippen LogP contribution in [-0.2, 0) is 6.54 Å². The molecule has 94 valence electrons. The maximum atomic E-state index is 5.85. The van der Waals surface area contributed by atoms with Crippen LogP contribution in [0.4, 0.5) is 0 Å². The van der Waals surface area contributed by atoms with E-state index in [1.165, 1.54) is 12.8 Å². The normalized spacial score (nSPS) is 14.9. The largest absolute Gasteiger partial charge is 0.477 e. The fourth-order valence-corrected chi connectivity index (χ4v) is 2.16. The summed E-state index contributed by atoms with van der Waals surface area (Å²) in [5.41, 5.74) is 6.56. The number of aromatic nitrogens is 1. The number of hydrogen-bond acceptors (Lipinski definition) is 3. The zero-order valence-corrected chi connectivity index (χ0v) is 10.4. The van der Waals surface area contributed by atoms with Gasteiger partial charge < -0.3 is 10.5 Å². The molecule has 2 aromatic rings. The van der Waals surface area contributed by atoms with Crippen LogP contribution < -0.4 is 10.5 Å². The first-order valence-electron chi connectivity index (χ1n) is 6.58. The second kappa shape index (κ2) is 4.94. The minimum absolute atomic E-state index is 0.448. The first kappa shape index (κ1) is 11.5. The van der Waals surface area contributed by atoms with Crippen molar-refractivity contribution in [1.82, 2.24) is 4.98 Å². The Morgan fingerprint density at radius 3 is 2.89 bits per heavy atom. The lowest BCUT2D eigenvalue weighted by molar-refractivity contribution is 0.294. The minimum Gasteiger partial charge on any atom is -0.477 e. The van der Waals surface area contributed by atoms with Crippen LogP contribution in [-0.4, -0.2) is 11.6 Å². The van der Waals surface area contributed by atoms with Crippen LogP contribution in [0.15, 0.2) is 30.3 Å². The zero-order valence-electron chi connectivity index (χ0n) is 10.4. The Hall–Kier alpha value is -1.61. The van der Waals surface area contributed by atoms with Crippen LogP contribution in [0.5, 0.6) is 5.88 Å². The second-order valence-electron chi connectivity index (χ2n) is 4.92. The van der Waals surface area contributed by atoms with E-state index in [0.717, 1.165) is 41.3 Å². The van der Waals surface area contributed by atoms with Crippen LogP contribution in [0.25, 0.3) is 10.8 Å². The molecule has 0 unspecified atom stereocenters. The summed E-state index contributed by atoms with van der Waals surface area (Å²) in [5, 5.41) is 2.22.